The smallest absolute Gasteiger partial charge is 0.220 e. The van der Waals surface area contributed by atoms with Crippen molar-refractivity contribution < 1.29 is 23.6 Å². The van der Waals surface area contributed by atoms with Crippen molar-refractivity contribution in [1.82, 2.24) is 10.6 Å². The second-order valence-corrected chi connectivity index (χ2v) is 9.06. The Balaban J connectivity index is 3.32. The fourth-order valence-corrected chi connectivity index (χ4v) is 3.08. The summed E-state index contributed by atoms with van der Waals surface area (Å²) in [6.45, 7) is 2.64. The number of hydrogen-bond acceptors (Lipinski definition) is 6. The van der Waals surface area contributed by atoms with Crippen molar-refractivity contribution in [2.75, 3.05) is 38.4 Å². The third kappa shape index (κ3) is 19.8. The molecule has 0 aromatic rings. The van der Waals surface area contributed by atoms with E-state index in [9.17, 15) is 19.0 Å². The lowest BCUT2D eigenvalue weighted by atomic mass is 10.1. The quantitative estimate of drug-likeness (QED) is 0.282. The zero-order valence-corrected chi connectivity index (χ0v) is 17.8. The van der Waals surface area contributed by atoms with E-state index >= 15 is 0 Å². The summed E-state index contributed by atoms with van der Waals surface area (Å²) in [7, 11) is -3.60. The molecule has 0 saturated heterocycles. The number of thioether (sulfide) groups is 1. The molecule has 0 fully saturated rings. The Morgan fingerprint density at radius 2 is 1.46 bits per heavy atom. The van der Waals surface area contributed by atoms with Gasteiger partial charge in [-0.2, -0.15) is 11.8 Å². The predicted octanol–water partition coefficient (Wildman–Crippen LogP) is 2.29. The second kappa shape index (κ2) is 16.6. The topological polar surface area (TPSA) is 108 Å². The van der Waals surface area contributed by atoms with Gasteiger partial charge < -0.3 is 24.6 Å². The molecular weight excluding hydrogens is 375 g/mol. The van der Waals surface area contributed by atoms with E-state index in [1.54, 1.807) is 11.8 Å². The molecule has 0 rings (SSSR count). The maximum absolute atomic E-state index is 11.7. The van der Waals surface area contributed by atoms with E-state index in [4.69, 9.17) is 0 Å². The van der Waals surface area contributed by atoms with Crippen LogP contribution in [0.15, 0.2) is 0 Å². The molecule has 0 radical (unpaired) electrons. The van der Waals surface area contributed by atoms with Crippen LogP contribution in [0.4, 0.5) is 0 Å². The Labute approximate surface area is 161 Å². The number of nitrogens with one attached hydrogen (secondary N) is 2. The van der Waals surface area contributed by atoms with Gasteiger partial charge in [-0.25, -0.2) is 0 Å². The van der Waals surface area contributed by atoms with Gasteiger partial charge in [-0.05, 0) is 31.9 Å². The third-order valence-electron chi connectivity index (χ3n) is 3.66. The molecule has 0 heterocycles. The van der Waals surface area contributed by atoms with E-state index in [1.165, 1.54) is 0 Å². The summed E-state index contributed by atoms with van der Waals surface area (Å²) >= 11 is 1.66. The first-order valence-corrected chi connectivity index (χ1v) is 12.7. The van der Waals surface area contributed by atoms with Crippen molar-refractivity contribution in [2.24, 2.45) is 0 Å². The Morgan fingerprint density at radius 3 is 2.04 bits per heavy atom. The van der Waals surface area contributed by atoms with Gasteiger partial charge in [0, 0.05) is 38.3 Å². The molecule has 0 spiro atoms. The Kier molecular flexibility index (Phi) is 16.2. The fraction of sp³-hybridized carbons (Fsp3) is 0.882. The lowest BCUT2D eigenvalue weighted by Crippen LogP contribution is -2.25. The highest BCUT2D eigenvalue weighted by molar-refractivity contribution is 7.98. The van der Waals surface area contributed by atoms with Crippen molar-refractivity contribution in [1.29, 1.82) is 0 Å². The first-order chi connectivity index (χ1) is 12.3. The van der Waals surface area contributed by atoms with Gasteiger partial charge in [0.05, 0.1) is 6.61 Å². The van der Waals surface area contributed by atoms with Gasteiger partial charge in [-0.3, -0.25) is 9.59 Å². The summed E-state index contributed by atoms with van der Waals surface area (Å²) in [5, 5.41) is 5.78. The van der Waals surface area contributed by atoms with Crippen LogP contribution in [0.5, 0.6) is 0 Å². The summed E-state index contributed by atoms with van der Waals surface area (Å²) < 4.78 is 15.5. The first kappa shape index (κ1) is 25.4. The van der Waals surface area contributed by atoms with Gasteiger partial charge >= 0.3 is 0 Å². The molecule has 0 aliphatic rings. The maximum Gasteiger partial charge on any atom is 0.220 e. The van der Waals surface area contributed by atoms with Crippen LogP contribution in [-0.2, 0) is 18.7 Å². The van der Waals surface area contributed by atoms with Gasteiger partial charge in [-0.15, -0.1) is 0 Å². The molecule has 26 heavy (non-hydrogen) atoms. The highest BCUT2D eigenvalue weighted by Gasteiger charge is 2.02. The molecule has 0 aromatic heterocycles. The summed E-state index contributed by atoms with van der Waals surface area (Å²) in [5.41, 5.74) is 0. The van der Waals surface area contributed by atoms with Crippen LogP contribution in [0, 0.1) is 0 Å². The van der Waals surface area contributed by atoms with Gasteiger partial charge in [-0.1, -0.05) is 19.3 Å². The van der Waals surface area contributed by atoms with Gasteiger partial charge in [0.25, 0.3) is 0 Å². The molecule has 9 heteroatoms. The minimum atomic E-state index is -3.60. The number of amides is 2. The molecular formula is C17H34N2O5PS-. The average molecular weight is 410 g/mol. The summed E-state index contributed by atoms with van der Waals surface area (Å²) in [4.78, 5) is 33.9. The largest absolute Gasteiger partial charge is 0.779 e. The van der Waals surface area contributed by atoms with Crippen LogP contribution in [0.3, 0.4) is 0 Å². The van der Waals surface area contributed by atoms with Crippen LogP contribution in [0.1, 0.15) is 57.8 Å². The monoisotopic (exact) mass is 409 g/mol. The van der Waals surface area contributed by atoms with E-state index in [2.05, 4.69) is 15.2 Å². The van der Waals surface area contributed by atoms with Crippen molar-refractivity contribution in [3.05, 3.63) is 0 Å². The minimum absolute atomic E-state index is 0.0654. The lowest BCUT2D eigenvalue weighted by molar-refractivity contribution is -0.196. The molecule has 2 N–H and O–H groups in total. The molecule has 2 amide bonds. The Morgan fingerprint density at radius 1 is 0.923 bits per heavy atom. The third-order valence-corrected chi connectivity index (χ3v) is 4.92. The molecule has 7 nitrogen and oxygen atoms in total. The van der Waals surface area contributed by atoms with Crippen LogP contribution < -0.4 is 15.5 Å². The van der Waals surface area contributed by atoms with Gasteiger partial charge in [0.1, 0.15) is 7.60 Å². The summed E-state index contributed by atoms with van der Waals surface area (Å²) in [5.74, 6) is 1.01. The molecule has 0 aromatic carbocycles. The van der Waals surface area contributed by atoms with Crippen molar-refractivity contribution >= 4 is 31.2 Å². The van der Waals surface area contributed by atoms with E-state index in [-0.39, 0.29) is 18.4 Å². The van der Waals surface area contributed by atoms with E-state index < -0.39 is 7.60 Å². The molecule has 0 saturated carbocycles. The molecule has 154 valence electrons. The highest BCUT2D eigenvalue weighted by Crippen LogP contribution is 2.30. The lowest BCUT2D eigenvalue weighted by Gasteiger charge is -2.17. The summed E-state index contributed by atoms with van der Waals surface area (Å²) in [6, 6.07) is 0. The van der Waals surface area contributed by atoms with Crippen molar-refractivity contribution in [2.45, 2.75) is 57.8 Å². The van der Waals surface area contributed by atoms with Crippen molar-refractivity contribution in [3.63, 3.8) is 0 Å². The molecule has 0 aliphatic carbocycles. The second-order valence-electron chi connectivity index (χ2n) is 6.27. The fourth-order valence-electron chi connectivity index (χ4n) is 2.23. The predicted molar refractivity (Wildman–Crippen MR) is 105 cm³/mol. The molecule has 1 unspecified atom stereocenters. The van der Waals surface area contributed by atoms with Crippen LogP contribution >= 0.6 is 19.4 Å². The van der Waals surface area contributed by atoms with Crippen molar-refractivity contribution in [3.8, 4) is 0 Å². The van der Waals surface area contributed by atoms with Crippen LogP contribution in [0.2, 0.25) is 0 Å². The molecule has 0 bridgehead atoms. The molecule has 1 atom stereocenters. The standard InChI is InChI=1S/C17H35N2O5PS/c1-25(22,23)24-14-9-4-3-7-12-18-16(20)10-6-5-8-13-19-17(21)11-15-26-2/h3-15H2,1-2H3,(H,18,20)(H,19,21)(H,22,23)/p-1. The minimum Gasteiger partial charge on any atom is -0.779 e. The number of hydrogen-bond donors (Lipinski definition) is 2. The van der Waals surface area contributed by atoms with Crippen LogP contribution in [0.25, 0.3) is 0 Å². The summed E-state index contributed by atoms with van der Waals surface area (Å²) in [6.07, 6.45) is 9.14. The number of carbonyl (C=O) groups excluding carboxylic acids is 2. The number of unbranched alkanes of at least 4 members (excludes halogenated alkanes) is 5. The molecule has 0 aliphatic heterocycles. The SMILES string of the molecule is CSCCC(=O)NCCCCCC(=O)NCCCCCCOP(C)(=O)[O-]. The zero-order valence-electron chi connectivity index (χ0n) is 16.1. The Hall–Kier alpha value is -0.560. The maximum atomic E-state index is 11.7. The van der Waals surface area contributed by atoms with Gasteiger partial charge in [0.2, 0.25) is 11.8 Å². The van der Waals surface area contributed by atoms with Gasteiger partial charge in [0.15, 0.2) is 0 Å². The van der Waals surface area contributed by atoms with E-state index in [0.29, 0.717) is 32.4 Å². The average Bonchev–Trinajstić information content (AvgIpc) is 2.57. The van der Waals surface area contributed by atoms with E-state index in [1.807, 2.05) is 6.26 Å². The number of carbonyl (C=O) groups is 2. The zero-order chi connectivity index (χ0) is 19.7. The van der Waals surface area contributed by atoms with E-state index in [0.717, 1.165) is 50.9 Å². The normalized spacial score (nSPS) is 13.2. The first-order valence-electron chi connectivity index (χ1n) is 9.30. The highest BCUT2D eigenvalue weighted by atomic mass is 32.2. The Bertz CT molecular complexity index is 431. The number of rotatable bonds is 17. The van der Waals surface area contributed by atoms with Crippen LogP contribution in [-0.4, -0.2) is 50.2 Å².